The summed E-state index contributed by atoms with van der Waals surface area (Å²) >= 11 is 1.67. The number of nitrogens with zero attached hydrogens (tertiary/aromatic N) is 2. The van der Waals surface area contributed by atoms with Crippen LogP contribution in [0.1, 0.15) is 26.3 Å². The molecule has 0 amide bonds. The third-order valence-corrected chi connectivity index (χ3v) is 6.03. The van der Waals surface area contributed by atoms with E-state index in [0.29, 0.717) is 13.1 Å². The van der Waals surface area contributed by atoms with Gasteiger partial charge in [-0.25, -0.2) is 4.98 Å². The summed E-state index contributed by atoms with van der Waals surface area (Å²) in [6, 6.07) is 16.5. The first-order valence-corrected chi connectivity index (χ1v) is 11.5. The Bertz CT molecular complexity index is 1070. The lowest BCUT2D eigenvalue weighted by atomic mass is 9.99. The topological polar surface area (TPSA) is 100.0 Å². The Labute approximate surface area is 197 Å². The number of aromatic nitrogens is 1. The normalized spacial score (nSPS) is 13.7. The summed E-state index contributed by atoms with van der Waals surface area (Å²) < 4.78 is 5.70. The lowest BCUT2D eigenvalue weighted by molar-refractivity contribution is -0.147. The molecule has 0 aliphatic carbocycles. The average molecular weight is 469 g/mol. The Kier molecular flexibility index (Phi) is 8.19. The van der Waals surface area contributed by atoms with E-state index in [1.54, 1.807) is 11.3 Å². The van der Waals surface area contributed by atoms with Gasteiger partial charge < -0.3 is 14.9 Å². The second-order valence-electron chi connectivity index (χ2n) is 8.17. The number of carbonyl (C=O) groups is 2. The Balaban J connectivity index is 0.000000709. The van der Waals surface area contributed by atoms with Crippen LogP contribution >= 0.6 is 11.3 Å². The highest BCUT2D eigenvalue weighted by Crippen LogP contribution is 2.33. The molecule has 4 rings (SSSR count). The zero-order chi connectivity index (χ0) is 24.0. The molecule has 1 aliphatic heterocycles. The van der Waals surface area contributed by atoms with Crippen molar-refractivity contribution in [3.8, 4) is 26.8 Å². The highest BCUT2D eigenvalue weighted by Gasteiger charge is 2.32. The van der Waals surface area contributed by atoms with E-state index >= 15 is 0 Å². The minimum absolute atomic E-state index is 0.165. The number of carboxylic acids is 2. The molecule has 2 aromatic carbocycles. The van der Waals surface area contributed by atoms with Gasteiger partial charge in [0.2, 0.25) is 0 Å². The molecule has 1 aromatic heterocycles. The fraction of sp³-hybridized carbons (Fsp3) is 0.320. The van der Waals surface area contributed by atoms with Gasteiger partial charge in [-0.05, 0) is 49.2 Å². The van der Waals surface area contributed by atoms with Crippen molar-refractivity contribution in [2.75, 3.05) is 13.1 Å². The van der Waals surface area contributed by atoms with E-state index < -0.39 is 11.9 Å². The third kappa shape index (κ3) is 7.13. The van der Waals surface area contributed by atoms with Gasteiger partial charge in [0.15, 0.2) is 0 Å². The van der Waals surface area contributed by atoms with Crippen molar-refractivity contribution in [1.82, 2.24) is 9.88 Å². The largest absolute Gasteiger partial charge is 0.491 e. The predicted octanol–water partition coefficient (Wildman–Crippen LogP) is 4.87. The first-order chi connectivity index (χ1) is 15.7. The summed E-state index contributed by atoms with van der Waals surface area (Å²) in [4.78, 5) is 27.8. The summed E-state index contributed by atoms with van der Waals surface area (Å²) in [5, 5.41) is 17.4. The second-order valence-corrected chi connectivity index (χ2v) is 9.20. The van der Waals surface area contributed by atoms with Crippen LogP contribution in [0.2, 0.25) is 0 Å². The number of carboxylic acid groups (broad SMARTS) is 2. The molecule has 2 N–H and O–H groups in total. The molecule has 1 fully saturated rings. The fourth-order valence-electron chi connectivity index (χ4n) is 3.38. The van der Waals surface area contributed by atoms with Crippen molar-refractivity contribution in [3.63, 3.8) is 0 Å². The van der Waals surface area contributed by atoms with Crippen molar-refractivity contribution < 1.29 is 24.5 Å². The quantitative estimate of drug-likeness (QED) is 0.510. The van der Waals surface area contributed by atoms with Gasteiger partial charge in [-0.1, -0.05) is 24.3 Å². The zero-order valence-corrected chi connectivity index (χ0v) is 19.7. The van der Waals surface area contributed by atoms with E-state index in [4.69, 9.17) is 19.7 Å². The summed E-state index contributed by atoms with van der Waals surface area (Å²) in [6.45, 7) is 7.18. The molecule has 0 atom stereocenters. The molecule has 1 saturated heterocycles. The average Bonchev–Trinajstić information content (AvgIpc) is 3.20. The molecule has 7 nitrogen and oxygen atoms in total. The molecular formula is C25H28N2O5S. The maximum atomic E-state index is 10.9. The number of aliphatic carboxylic acids is 2. The van der Waals surface area contributed by atoms with Crippen LogP contribution in [-0.2, 0) is 16.1 Å². The van der Waals surface area contributed by atoms with Crippen LogP contribution in [0.15, 0.2) is 54.7 Å². The maximum Gasteiger partial charge on any atom is 0.309 e. The van der Waals surface area contributed by atoms with E-state index in [-0.39, 0.29) is 12.0 Å². The minimum Gasteiger partial charge on any atom is -0.491 e. The molecule has 0 radical (unpaired) electrons. The van der Waals surface area contributed by atoms with Crippen LogP contribution < -0.4 is 4.74 Å². The van der Waals surface area contributed by atoms with E-state index in [1.807, 2.05) is 32.2 Å². The number of rotatable bonds is 7. The van der Waals surface area contributed by atoms with Crippen LogP contribution in [0.3, 0.4) is 0 Å². The predicted molar refractivity (Wildman–Crippen MR) is 128 cm³/mol. The lowest BCUT2D eigenvalue weighted by Crippen LogP contribution is -2.49. The van der Waals surface area contributed by atoms with Gasteiger partial charge in [0, 0.05) is 38.3 Å². The van der Waals surface area contributed by atoms with Crippen LogP contribution in [0.4, 0.5) is 0 Å². The summed E-state index contributed by atoms with van der Waals surface area (Å²) in [6.07, 6.45) is 2.08. The number of likely N-dealkylation sites (tertiary alicyclic amines) is 1. The molecule has 1 aliphatic rings. The zero-order valence-electron chi connectivity index (χ0n) is 18.9. The molecule has 3 aromatic rings. The second kappa shape index (κ2) is 11.1. The summed E-state index contributed by atoms with van der Waals surface area (Å²) in [7, 11) is 0. The summed E-state index contributed by atoms with van der Waals surface area (Å²) in [5.41, 5.74) is 3.42. The highest BCUT2D eigenvalue weighted by molar-refractivity contribution is 7.18. The third-order valence-electron chi connectivity index (χ3n) is 4.93. The van der Waals surface area contributed by atoms with Gasteiger partial charge in [0.05, 0.1) is 16.9 Å². The first kappa shape index (κ1) is 24.4. The Hall–Kier alpha value is -3.23. The Morgan fingerprint density at radius 1 is 1.06 bits per heavy atom. The molecule has 33 heavy (non-hydrogen) atoms. The van der Waals surface area contributed by atoms with Crippen molar-refractivity contribution in [2.24, 2.45) is 5.92 Å². The summed E-state index contributed by atoms with van der Waals surface area (Å²) in [5.74, 6) is -0.867. The molecule has 0 bridgehead atoms. The molecule has 0 unspecified atom stereocenters. The number of ether oxygens (including phenoxy) is 1. The van der Waals surface area contributed by atoms with Gasteiger partial charge >= 0.3 is 5.97 Å². The number of thiazole rings is 1. The van der Waals surface area contributed by atoms with Crippen LogP contribution in [0, 0.1) is 5.92 Å². The van der Waals surface area contributed by atoms with E-state index in [1.165, 1.54) is 5.56 Å². The molecule has 2 heterocycles. The van der Waals surface area contributed by atoms with Crippen LogP contribution in [0.25, 0.3) is 21.0 Å². The standard InChI is InChI=1S/C23H24N2O3S.C2H4O2/c1-15(2)28-20-9-7-17(8-10-20)21-11-24-22(29-21)18-5-3-16(4-6-18)12-25-13-19(14-25)23(26)27;1-2(3)4/h3-11,15,19H,12-14H2,1-2H3,(H,26,27);1H3,(H,3,4). The SMILES string of the molecule is CC(=O)O.CC(C)Oc1ccc(-c2cnc(-c3ccc(CN4CC(C(=O)O)C4)cc3)s2)cc1. The number of hydrogen-bond acceptors (Lipinski definition) is 6. The van der Waals surface area contributed by atoms with Gasteiger partial charge in [0.1, 0.15) is 10.8 Å². The monoisotopic (exact) mass is 468 g/mol. The number of benzene rings is 2. The molecule has 174 valence electrons. The molecule has 0 saturated carbocycles. The van der Waals surface area contributed by atoms with Crippen LogP contribution in [0.5, 0.6) is 5.75 Å². The van der Waals surface area contributed by atoms with Crippen LogP contribution in [-0.4, -0.2) is 51.2 Å². The first-order valence-electron chi connectivity index (χ1n) is 10.7. The van der Waals surface area contributed by atoms with Gasteiger partial charge in [-0.2, -0.15) is 0 Å². The Morgan fingerprint density at radius 3 is 2.18 bits per heavy atom. The fourth-order valence-corrected chi connectivity index (χ4v) is 4.30. The lowest BCUT2D eigenvalue weighted by Gasteiger charge is -2.36. The van der Waals surface area contributed by atoms with Crippen molar-refractivity contribution in [1.29, 1.82) is 0 Å². The van der Waals surface area contributed by atoms with Crippen molar-refractivity contribution in [3.05, 3.63) is 60.3 Å². The molecular weight excluding hydrogens is 440 g/mol. The molecule has 0 spiro atoms. The van der Waals surface area contributed by atoms with E-state index in [0.717, 1.165) is 40.2 Å². The van der Waals surface area contributed by atoms with Crippen molar-refractivity contribution in [2.45, 2.75) is 33.4 Å². The van der Waals surface area contributed by atoms with E-state index in [2.05, 4.69) is 46.3 Å². The van der Waals surface area contributed by atoms with Gasteiger partial charge in [-0.15, -0.1) is 11.3 Å². The van der Waals surface area contributed by atoms with Gasteiger partial charge in [0.25, 0.3) is 5.97 Å². The minimum atomic E-state index is -0.833. The number of hydrogen-bond donors (Lipinski definition) is 2. The smallest absolute Gasteiger partial charge is 0.309 e. The van der Waals surface area contributed by atoms with E-state index in [9.17, 15) is 4.79 Å². The van der Waals surface area contributed by atoms with Crippen molar-refractivity contribution >= 4 is 23.3 Å². The maximum absolute atomic E-state index is 10.9. The Morgan fingerprint density at radius 2 is 1.64 bits per heavy atom. The highest BCUT2D eigenvalue weighted by atomic mass is 32.1. The molecule has 8 heteroatoms. The van der Waals surface area contributed by atoms with Gasteiger partial charge in [-0.3, -0.25) is 14.5 Å².